The lowest BCUT2D eigenvalue weighted by atomic mass is 10.0. The molecule has 2 amide bonds. The van der Waals surface area contributed by atoms with Gasteiger partial charge in [0.05, 0.1) is 29.7 Å². The predicted octanol–water partition coefficient (Wildman–Crippen LogP) is 6.95. The molecule has 1 aliphatic rings. The molecule has 196 valence electrons. The molecule has 1 aliphatic heterocycles. The largest absolute Gasteiger partial charge is 0.322 e. The Labute approximate surface area is 225 Å². The van der Waals surface area contributed by atoms with Gasteiger partial charge in [-0.1, -0.05) is 43.3 Å². The third kappa shape index (κ3) is 4.37. The molecule has 3 heterocycles. The second-order valence-corrected chi connectivity index (χ2v) is 9.63. The average Bonchev–Trinajstić information content (AvgIpc) is 3.53. The number of hydrogen-bond donors (Lipinski definition) is 1. The monoisotopic (exact) mass is 523 g/mol. The van der Waals surface area contributed by atoms with E-state index >= 15 is 0 Å². The molecule has 0 unspecified atom stereocenters. The number of rotatable bonds is 4. The zero-order chi connectivity index (χ0) is 27.1. The Morgan fingerprint density at radius 3 is 2.49 bits per heavy atom. The number of para-hydroxylation sites is 1. The topological polar surface area (TPSA) is 55.1 Å². The van der Waals surface area contributed by atoms with Gasteiger partial charge in [-0.25, -0.2) is 18.3 Å². The van der Waals surface area contributed by atoms with Crippen molar-refractivity contribution in [1.29, 1.82) is 0 Å². The minimum absolute atomic E-state index is 0.245. The molecule has 0 aliphatic carbocycles. The summed E-state index contributed by atoms with van der Waals surface area (Å²) in [4.78, 5) is 15.7. The number of aryl methyl sites for hydroxylation is 2. The molecule has 6 nitrogen and oxygen atoms in total. The van der Waals surface area contributed by atoms with Gasteiger partial charge in [0.1, 0.15) is 17.5 Å². The number of amides is 2. The van der Waals surface area contributed by atoms with Gasteiger partial charge >= 0.3 is 6.03 Å². The molecule has 8 heteroatoms. The average molecular weight is 524 g/mol. The van der Waals surface area contributed by atoms with Crippen LogP contribution in [0.2, 0.25) is 0 Å². The summed E-state index contributed by atoms with van der Waals surface area (Å²) in [6.07, 6.45) is 2.63. The Bertz CT molecular complexity index is 1660. The highest BCUT2D eigenvalue weighted by molar-refractivity contribution is 5.90. The second-order valence-electron chi connectivity index (χ2n) is 9.63. The number of carbonyl (C=O) groups excluding carboxylic acids is 1. The lowest BCUT2D eigenvalue weighted by Crippen LogP contribution is -2.38. The van der Waals surface area contributed by atoms with Crippen molar-refractivity contribution in [2.45, 2.75) is 32.9 Å². The molecule has 0 fully saturated rings. The van der Waals surface area contributed by atoms with Crippen molar-refractivity contribution in [3.63, 3.8) is 0 Å². The summed E-state index contributed by atoms with van der Waals surface area (Å²) in [5.74, 6) is 0.0966. The van der Waals surface area contributed by atoms with Crippen molar-refractivity contribution < 1.29 is 13.6 Å². The molecule has 5 aromatic rings. The van der Waals surface area contributed by atoms with Crippen molar-refractivity contribution in [3.8, 4) is 11.5 Å². The molecule has 0 bridgehead atoms. The van der Waals surface area contributed by atoms with E-state index in [1.807, 2.05) is 60.3 Å². The Kier molecular flexibility index (Phi) is 6.23. The van der Waals surface area contributed by atoms with Gasteiger partial charge in [0, 0.05) is 17.4 Å². The van der Waals surface area contributed by atoms with Gasteiger partial charge < -0.3 is 14.8 Å². The van der Waals surface area contributed by atoms with Gasteiger partial charge in [-0.05, 0) is 73.0 Å². The normalized spacial score (nSPS) is 14.5. The van der Waals surface area contributed by atoms with Crippen LogP contribution in [0.3, 0.4) is 0 Å². The van der Waals surface area contributed by atoms with Gasteiger partial charge in [0.2, 0.25) is 0 Å². The summed E-state index contributed by atoms with van der Waals surface area (Å²) >= 11 is 0. The molecule has 39 heavy (non-hydrogen) atoms. The van der Waals surface area contributed by atoms with Crippen molar-refractivity contribution in [2.24, 2.45) is 0 Å². The maximum atomic E-state index is 14.3. The predicted molar refractivity (Wildman–Crippen MR) is 146 cm³/mol. The van der Waals surface area contributed by atoms with E-state index in [2.05, 4.69) is 9.88 Å². The Hall–Kier alpha value is -4.72. The molecule has 2 aromatic heterocycles. The fourth-order valence-corrected chi connectivity index (χ4v) is 5.21. The van der Waals surface area contributed by atoms with Crippen molar-refractivity contribution in [3.05, 3.63) is 131 Å². The van der Waals surface area contributed by atoms with Crippen LogP contribution in [0.25, 0.3) is 11.5 Å². The summed E-state index contributed by atoms with van der Waals surface area (Å²) in [6, 6.07) is 23.6. The van der Waals surface area contributed by atoms with Crippen LogP contribution in [0.4, 0.5) is 19.3 Å². The Morgan fingerprint density at radius 2 is 1.77 bits per heavy atom. The van der Waals surface area contributed by atoms with Crippen LogP contribution in [-0.2, 0) is 13.0 Å². The highest BCUT2D eigenvalue weighted by Crippen LogP contribution is 2.39. The summed E-state index contributed by atoms with van der Waals surface area (Å²) in [5, 5.41) is 7.83. The van der Waals surface area contributed by atoms with E-state index in [0.29, 0.717) is 17.7 Å². The standard InChI is InChI=1S/C31H27F2N5O/c1-3-27-25-19-37(31(39)34-23-16-11-20(2)26(33)18-23)29(21-12-14-22(32)15-13-21)28-10-7-17-36(28)30(25)38(35-27)24-8-5-4-6-9-24/h4-18,29H,3,19H2,1-2H3,(H,34,39)/t29-/m1/s1. The summed E-state index contributed by atoms with van der Waals surface area (Å²) in [6.45, 7) is 3.96. The molecule has 0 saturated heterocycles. The number of benzene rings is 3. The first-order chi connectivity index (χ1) is 18.9. The number of hydrogen-bond acceptors (Lipinski definition) is 2. The maximum Gasteiger partial charge on any atom is 0.322 e. The van der Waals surface area contributed by atoms with E-state index in [0.717, 1.165) is 34.0 Å². The van der Waals surface area contributed by atoms with Crippen LogP contribution in [-0.4, -0.2) is 25.3 Å². The lowest BCUT2D eigenvalue weighted by Gasteiger charge is -2.31. The number of halogens is 2. The smallest absolute Gasteiger partial charge is 0.308 e. The zero-order valence-corrected chi connectivity index (χ0v) is 21.6. The third-order valence-electron chi connectivity index (χ3n) is 7.17. The summed E-state index contributed by atoms with van der Waals surface area (Å²) < 4.78 is 32.2. The van der Waals surface area contributed by atoms with E-state index in [1.54, 1.807) is 36.1 Å². The van der Waals surface area contributed by atoms with Gasteiger partial charge in [-0.2, -0.15) is 5.10 Å². The first-order valence-corrected chi connectivity index (χ1v) is 12.9. The van der Waals surface area contributed by atoms with Crippen LogP contribution in [0.5, 0.6) is 0 Å². The summed E-state index contributed by atoms with van der Waals surface area (Å²) in [7, 11) is 0. The number of anilines is 1. The van der Waals surface area contributed by atoms with Crippen molar-refractivity contribution >= 4 is 11.7 Å². The third-order valence-corrected chi connectivity index (χ3v) is 7.17. The molecule has 0 spiro atoms. The molecule has 6 rings (SSSR count). The fourth-order valence-electron chi connectivity index (χ4n) is 5.21. The summed E-state index contributed by atoms with van der Waals surface area (Å²) in [5.41, 5.74) is 5.11. The lowest BCUT2D eigenvalue weighted by molar-refractivity contribution is 0.194. The molecule has 1 atom stereocenters. The SMILES string of the molecule is CCc1nn(-c2ccccc2)c2c1CN(C(=O)Nc1ccc(C)c(F)c1)[C@H](c1ccc(F)cc1)c1cccn1-2. The molecule has 3 aromatic carbocycles. The highest BCUT2D eigenvalue weighted by atomic mass is 19.1. The molecular weight excluding hydrogens is 496 g/mol. The van der Waals surface area contributed by atoms with E-state index in [9.17, 15) is 13.6 Å². The van der Waals surface area contributed by atoms with Crippen LogP contribution in [0.1, 0.15) is 41.0 Å². The van der Waals surface area contributed by atoms with Crippen molar-refractivity contribution in [2.75, 3.05) is 5.32 Å². The zero-order valence-electron chi connectivity index (χ0n) is 21.6. The number of fused-ring (bicyclic) bond motifs is 3. The highest BCUT2D eigenvalue weighted by Gasteiger charge is 2.36. The van der Waals surface area contributed by atoms with Gasteiger partial charge in [-0.3, -0.25) is 0 Å². The number of aromatic nitrogens is 3. The Balaban J connectivity index is 1.54. The quantitative estimate of drug-likeness (QED) is 0.277. The van der Waals surface area contributed by atoms with Crippen LogP contribution in [0.15, 0.2) is 91.1 Å². The van der Waals surface area contributed by atoms with E-state index < -0.39 is 17.9 Å². The van der Waals surface area contributed by atoms with Crippen LogP contribution in [0, 0.1) is 18.6 Å². The first kappa shape index (κ1) is 24.6. The first-order valence-electron chi connectivity index (χ1n) is 12.9. The van der Waals surface area contributed by atoms with Gasteiger partial charge in [0.15, 0.2) is 0 Å². The maximum absolute atomic E-state index is 14.3. The molecule has 0 radical (unpaired) electrons. The molecule has 1 N–H and O–H groups in total. The fraction of sp³-hybridized carbons (Fsp3) is 0.161. The van der Waals surface area contributed by atoms with Gasteiger partial charge in [-0.15, -0.1) is 0 Å². The van der Waals surface area contributed by atoms with Crippen molar-refractivity contribution in [1.82, 2.24) is 19.2 Å². The second kappa shape index (κ2) is 9.87. The number of urea groups is 1. The minimum atomic E-state index is -0.544. The van der Waals surface area contributed by atoms with Crippen LogP contribution < -0.4 is 5.32 Å². The molecule has 0 saturated carbocycles. The van der Waals surface area contributed by atoms with E-state index in [1.165, 1.54) is 18.2 Å². The number of nitrogens with zero attached hydrogens (tertiary/aromatic N) is 4. The van der Waals surface area contributed by atoms with Crippen LogP contribution >= 0.6 is 0 Å². The van der Waals surface area contributed by atoms with Gasteiger partial charge in [0.25, 0.3) is 0 Å². The van der Waals surface area contributed by atoms with E-state index in [4.69, 9.17) is 5.10 Å². The number of carbonyl (C=O) groups is 1. The Morgan fingerprint density at radius 1 is 1.00 bits per heavy atom. The molecular formula is C31H27F2N5O. The minimum Gasteiger partial charge on any atom is -0.308 e. The van der Waals surface area contributed by atoms with E-state index in [-0.39, 0.29) is 12.4 Å². The number of nitrogens with one attached hydrogen (secondary N) is 1.